The second kappa shape index (κ2) is 6.45. The van der Waals surface area contributed by atoms with E-state index < -0.39 is 17.5 Å². The summed E-state index contributed by atoms with van der Waals surface area (Å²) in [6, 6.07) is 8.74. The molecule has 0 aliphatic heterocycles. The summed E-state index contributed by atoms with van der Waals surface area (Å²) in [4.78, 5) is 12.0. The average Bonchev–Trinajstić information content (AvgIpc) is 2.45. The van der Waals surface area contributed by atoms with Crippen molar-refractivity contribution in [1.29, 1.82) is 0 Å². The van der Waals surface area contributed by atoms with Crippen LogP contribution in [0.5, 0.6) is 0 Å². The van der Waals surface area contributed by atoms with E-state index in [4.69, 9.17) is 5.11 Å². The summed E-state index contributed by atoms with van der Waals surface area (Å²) in [5.74, 6) is -2.21. The first-order valence-corrected chi connectivity index (χ1v) is 6.48. The molecule has 2 rings (SSSR count). The maximum Gasteiger partial charge on any atom is 0.258 e. The smallest absolute Gasteiger partial charge is 0.258 e. The van der Waals surface area contributed by atoms with Crippen molar-refractivity contribution >= 4 is 11.6 Å². The van der Waals surface area contributed by atoms with Crippen LogP contribution < -0.4 is 5.32 Å². The molecule has 0 aliphatic rings. The molecule has 5 heteroatoms. The SMILES string of the molecule is Cc1cc(C(=O)Nc2ccc(CCO)cc2)c(F)cc1F. The predicted octanol–water partition coefficient (Wildman–Crippen LogP) is 3.06. The van der Waals surface area contributed by atoms with Gasteiger partial charge in [0.2, 0.25) is 0 Å². The Hall–Kier alpha value is -2.27. The molecule has 1 amide bonds. The zero-order valence-corrected chi connectivity index (χ0v) is 11.5. The molecule has 2 aromatic rings. The lowest BCUT2D eigenvalue weighted by molar-refractivity contribution is 0.102. The highest BCUT2D eigenvalue weighted by atomic mass is 19.1. The van der Waals surface area contributed by atoms with Gasteiger partial charge in [-0.05, 0) is 42.7 Å². The molecule has 0 bridgehead atoms. The number of aliphatic hydroxyl groups excluding tert-OH is 1. The summed E-state index contributed by atoms with van der Waals surface area (Å²) in [6.07, 6.45) is 0.528. The molecule has 0 saturated heterocycles. The molecule has 110 valence electrons. The predicted molar refractivity (Wildman–Crippen MR) is 76.3 cm³/mol. The molecule has 3 nitrogen and oxygen atoms in total. The largest absolute Gasteiger partial charge is 0.396 e. The van der Waals surface area contributed by atoms with Crippen molar-refractivity contribution in [3.05, 3.63) is 64.7 Å². The first kappa shape index (κ1) is 15.1. The fourth-order valence-electron chi connectivity index (χ4n) is 1.91. The molecular weight excluding hydrogens is 276 g/mol. The number of amides is 1. The van der Waals surface area contributed by atoms with E-state index in [9.17, 15) is 13.6 Å². The van der Waals surface area contributed by atoms with Crippen LogP contribution in [-0.4, -0.2) is 17.6 Å². The van der Waals surface area contributed by atoms with E-state index in [1.165, 1.54) is 13.0 Å². The van der Waals surface area contributed by atoms with Gasteiger partial charge < -0.3 is 10.4 Å². The van der Waals surface area contributed by atoms with E-state index in [1.807, 2.05) is 0 Å². The average molecular weight is 291 g/mol. The van der Waals surface area contributed by atoms with Crippen molar-refractivity contribution in [3.63, 3.8) is 0 Å². The van der Waals surface area contributed by atoms with Crippen molar-refractivity contribution in [2.75, 3.05) is 11.9 Å². The van der Waals surface area contributed by atoms with Gasteiger partial charge in [0.15, 0.2) is 0 Å². The highest BCUT2D eigenvalue weighted by Gasteiger charge is 2.14. The van der Waals surface area contributed by atoms with E-state index in [2.05, 4.69) is 5.32 Å². The Balaban J connectivity index is 2.16. The van der Waals surface area contributed by atoms with Gasteiger partial charge in [-0.25, -0.2) is 8.78 Å². The number of hydrogen-bond donors (Lipinski definition) is 2. The van der Waals surface area contributed by atoms with Crippen LogP contribution in [-0.2, 0) is 6.42 Å². The number of aryl methyl sites for hydroxylation is 1. The number of halogens is 2. The number of benzene rings is 2. The van der Waals surface area contributed by atoms with Crippen molar-refractivity contribution in [3.8, 4) is 0 Å². The summed E-state index contributed by atoms with van der Waals surface area (Å²) in [7, 11) is 0. The molecule has 21 heavy (non-hydrogen) atoms. The summed E-state index contributed by atoms with van der Waals surface area (Å²) in [5.41, 5.74) is 1.44. The molecule has 2 aromatic carbocycles. The zero-order valence-electron chi connectivity index (χ0n) is 11.5. The van der Waals surface area contributed by atoms with Crippen molar-refractivity contribution in [2.24, 2.45) is 0 Å². The molecule has 0 atom stereocenters. The van der Waals surface area contributed by atoms with E-state index >= 15 is 0 Å². The standard InChI is InChI=1S/C16H15F2NO2/c1-10-8-13(15(18)9-14(10)17)16(21)19-12-4-2-11(3-5-12)6-7-20/h2-5,8-9,20H,6-7H2,1H3,(H,19,21). The van der Waals surface area contributed by atoms with Crippen LogP contribution in [0.2, 0.25) is 0 Å². The Morgan fingerprint density at radius 2 is 1.81 bits per heavy atom. The molecule has 0 aliphatic carbocycles. The normalized spacial score (nSPS) is 10.5. The summed E-state index contributed by atoms with van der Waals surface area (Å²) in [5, 5.41) is 11.4. The minimum Gasteiger partial charge on any atom is -0.396 e. The fraction of sp³-hybridized carbons (Fsp3) is 0.188. The lowest BCUT2D eigenvalue weighted by Crippen LogP contribution is -2.14. The highest BCUT2D eigenvalue weighted by Crippen LogP contribution is 2.17. The third-order valence-electron chi connectivity index (χ3n) is 3.11. The van der Waals surface area contributed by atoms with Gasteiger partial charge in [-0.1, -0.05) is 12.1 Å². The van der Waals surface area contributed by atoms with Crippen LogP contribution in [0.4, 0.5) is 14.5 Å². The first-order chi connectivity index (χ1) is 10.0. The third kappa shape index (κ3) is 3.64. The number of carbonyl (C=O) groups excluding carboxylic acids is 1. The summed E-state index contributed by atoms with van der Waals surface area (Å²) in [6.45, 7) is 1.51. The molecule has 0 fully saturated rings. The number of hydrogen-bond acceptors (Lipinski definition) is 2. The maximum atomic E-state index is 13.6. The zero-order chi connectivity index (χ0) is 15.4. The quantitative estimate of drug-likeness (QED) is 0.909. The lowest BCUT2D eigenvalue weighted by Gasteiger charge is -2.08. The van der Waals surface area contributed by atoms with E-state index in [0.29, 0.717) is 18.2 Å². The molecule has 2 N–H and O–H groups in total. The van der Waals surface area contributed by atoms with Gasteiger partial charge in [0, 0.05) is 18.4 Å². The second-order valence-corrected chi connectivity index (χ2v) is 4.71. The van der Waals surface area contributed by atoms with Crippen LogP contribution in [0.1, 0.15) is 21.5 Å². The third-order valence-corrected chi connectivity index (χ3v) is 3.11. The monoisotopic (exact) mass is 291 g/mol. The Morgan fingerprint density at radius 1 is 1.14 bits per heavy atom. The summed E-state index contributed by atoms with van der Waals surface area (Å²) < 4.78 is 26.8. The Labute approximate surface area is 121 Å². The van der Waals surface area contributed by atoms with Gasteiger partial charge >= 0.3 is 0 Å². The number of nitrogens with one attached hydrogen (secondary N) is 1. The number of rotatable bonds is 4. The molecule has 0 radical (unpaired) electrons. The molecule has 0 spiro atoms. The molecule has 0 unspecified atom stereocenters. The van der Waals surface area contributed by atoms with E-state index in [0.717, 1.165) is 5.56 Å². The summed E-state index contributed by atoms with van der Waals surface area (Å²) >= 11 is 0. The molecular formula is C16H15F2NO2. The van der Waals surface area contributed by atoms with Crippen LogP contribution >= 0.6 is 0 Å². The van der Waals surface area contributed by atoms with Crippen LogP contribution in [0.3, 0.4) is 0 Å². The molecule has 0 saturated carbocycles. The van der Waals surface area contributed by atoms with Crippen LogP contribution in [0.25, 0.3) is 0 Å². The van der Waals surface area contributed by atoms with Gasteiger partial charge in [-0.2, -0.15) is 0 Å². The highest BCUT2D eigenvalue weighted by molar-refractivity contribution is 6.04. The second-order valence-electron chi connectivity index (χ2n) is 4.71. The van der Waals surface area contributed by atoms with Gasteiger partial charge in [-0.15, -0.1) is 0 Å². The van der Waals surface area contributed by atoms with Gasteiger partial charge in [0.1, 0.15) is 11.6 Å². The minimum atomic E-state index is -0.896. The number of anilines is 1. The van der Waals surface area contributed by atoms with Crippen molar-refractivity contribution in [1.82, 2.24) is 0 Å². The topological polar surface area (TPSA) is 49.3 Å². The lowest BCUT2D eigenvalue weighted by atomic mass is 10.1. The van der Waals surface area contributed by atoms with Crippen LogP contribution in [0, 0.1) is 18.6 Å². The Morgan fingerprint density at radius 3 is 2.43 bits per heavy atom. The molecule has 0 aromatic heterocycles. The fourth-order valence-corrected chi connectivity index (χ4v) is 1.91. The maximum absolute atomic E-state index is 13.6. The minimum absolute atomic E-state index is 0.0474. The Bertz CT molecular complexity index is 654. The molecule has 0 heterocycles. The van der Waals surface area contributed by atoms with Gasteiger partial charge in [0.05, 0.1) is 5.56 Å². The first-order valence-electron chi connectivity index (χ1n) is 6.48. The van der Waals surface area contributed by atoms with Gasteiger partial charge in [-0.3, -0.25) is 4.79 Å². The van der Waals surface area contributed by atoms with Crippen molar-refractivity contribution < 1.29 is 18.7 Å². The number of aliphatic hydroxyl groups is 1. The Kier molecular flexibility index (Phi) is 4.65. The van der Waals surface area contributed by atoms with Crippen molar-refractivity contribution in [2.45, 2.75) is 13.3 Å². The van der Waals surface area contributed by atoms with E-state index in [1.54, 1.807) is 24.3 Å². The number of carbonyl (C=O) groups is 1. The van der Waals surface area contributed by atoms with Gasteiger partial charge in [0.25, 0.3) is 5.91 Å². The van der Waals surface area contributed by atoms with E-state index in [-0.39, 0.29) is 17.7 Å². The van der Waals surface area contributed by atoms with Crippen LogP contribution in [0.15, 0.2) is 36.4 Å².